The van der Waals surface area contributed by atoms with Gasteiger partial charge in [0.2, 0.25) is 0 Å². The molecule has 1 aliphatic heterocycles. The van der Waals surface area contributed by atoms with Gasteiger partial charge in [-0.2, -0.15) is 0 Å². The third kappa shape index (κ3) is 4.09. The molecule has 1 heterocycles. The Morgan fingerprint density at radius 2 is 1.53 bits per heavy atom. The number of hydrogen-bond donors (Lipinski definition) is 0. The van der Waals surface area contributed by atoms with E-state index in [2.05, 4.69) is 0 Å². The summed E-state index contributed by atoms with van der Waals surface area (Å²) in [6.45, 7) is 8.31. The van der Waals surface area contributed by atoms with Crippen molar-refractivity contribution in [3.63, 3.8) is 0 Å². The summed E-state index contributed by atoms with van der Waals surface area (Å²) in [5.41, 5.74) is -0.449. The van der Waals surface area contributed by atoms with E-state index in [0.717, 1.165) is 13.1 Å². The number of hydrogen-bond acceptors (Lipinski definition) is 2. The summed E-state index contributed by atoms with van der Waals surface area (Å²) in [6, 6.07) is 0. The molecule has 1 rings (SSSR count). The third-order valence-corrected chi connectivity index (χ3v) is 5.76. The van der Waals surface area contributed by atoms with E-state index in [0.29, 0.717) is 24.8 Å². The minimum absolute atomic E-state index is 0.449. The van der Waals surface area contributed by atoms with Crippen molar-refractivity contribution >= 4 is 30.9 Å². The van der Waals surface area contributed by atoms with Crippen LogP contribution < -0.4 is 0 Å². The maximum atomic E-state index is 13.0. The molecule has 0 radical (unpaired) electrons. The molecule has 1 fully saturated rings. The molecule has 0 aromatic heterocycles. The van der Waals surface area contributed by atoms with E-state index in [1.165, 1.54) is 0 Å². The average molecular weight is 303 g/mol. The summed E-state index contributed by atoms with van der Waals surface area (Å²) in [6.07, 6.45) is 0. The highest BCUT2D eigenvalue weighted by Gasteiger charge is 2.45. The summed E-state index contributed by atoms with van der Waals surface area (Å²) in [5, 5.41) is 0. The lowest BCUT2D eigenvalue weighted by Crippen LogP contribution is -2.30. The molecule has 0 saturated carbocycles. The predicted octanol–water partition coefficient (Wildman–Crippen LogP) is 3.00. The number of halogens is 2. The Kier molecular flexibility index (Phi) is 5.77. The topological polar surface area (TPSA) is 32.8 Å². The summed E-state index contributed by atoms with van der Waals surface area (Å²) in [7, 11) is -2.95. The molecular weight excluding hydrogens is 282 g/mol. The molecule has 0 amide bonds. The second-order valence-electron chi connectivity index (χ2n) is 4.98. The highest BCUT2D eigenvalue weighted by molar-refractivity contribution is 7.54. The quantitative estimate of drug-likeness (QED) is 0.577. The van der Waals surface area contributed by atoms with Crippen molar-refractivity contribution in [3.8, 4) is 0 Å². The van der Waals surface area contributed by atoms with Crippen LogP contribution in [0.4, 0.5) is 0 Å². The van der Waals surface area contributed by atoms with Gasteiger partial charge in [-0.3, -0.25) is 4.57 Å². The summed E-state index contributed by atoms with van der Waals surface area (Å²) in [5.74, 6) is 0.901. The Balaban J connectivity index is 2.86. The van der Waals surface area contributed by atoms with Crippen LogP contribution in [0.3, 0.4) is 0 Å². The van der Waals surface area contributed by atoms with E-state index in [-0.39, 0.29) is 0 Å². The first-order chi connectivity index (χ1) is 7.83. The van der Waals surface area contributed by atoms with Crippen LogP contribution in [0, 0.1) is 0 Å². The normalized spacial score (nSPS) is 22.2. The molecule has 0 aromatic rings. The molecule has 0 aliphatic carbocycles. The molecule has 1 aliphatic rings. The Hall–Kier alpha value is 0.690. The van der Waals surface area contributed by atoms with Crippen molar-refractivity contribution < 1.29 is 9.09 Å². The molecule has 0 unspecified atom stereocenters. The first kappa shape index (κ1) is 15.7. The van der Waals surface area contributed by atoms with Crippen molar-refractivity contribution in [2.45, 2.75) is 26.4 Å². The van der Waals surface area contributed by atoms with Crippen molar-refractivity contribution in [2.75, 3.05) is 37.9 Å². The molecule has 1 saturated heterocycles. The number of rotatable bonds is 5. The fourth-order valence-corrected chi connectivity index (χ4v) is 5.14. The van der Waals surface area contributed by atoms with Crippen LogP contribution in [-0.4, -0.2) is 52.9 Å². The maximum absolute atomic E-state index is 13.0. The van der Waals surface area contributed by atoms with Gasteiger partial charge >= 0.3 is 7.67 Å². The van der Waals surface area contributed by atoms with Gasteiger partial charge < -0.3 is 4.52 Å². The van der Waals surface area contributed by atoms with E-state index in [1.54, 1.807) is 0 Å². The van der Waals surface area contributed by atoms with Crippen molar-refractivity contribution in [1.82, 2.24) is 9.34 Å². The minimum Gasteiger partial charge on any atom is -0.300 e. The van der Waals surface area contributed by atoms with E-state index >= 15 is 0 Å². The fraction of sp³-hybridized carbons (Fsp3) is 1.00. The van der Waals surface area contributed by atoms with Crippen molar-refractivity contribution in [1.29, 1.82) is 0 Å². The highest BCUT2D eigenvalue weighted by atomic mass is 35.5. The molecule has 0 bridgehead atoms. The Bertz CT molecular complexity index is 279. The first-order valence-corrected chi connectivity index (χ1v) is 8.37. The van der Waals surface area contributed by atoms with Gasteiger partial charge in [0, 0.05) is 37.9 Å². The van der Waals surface area contributed by atoms with E-state index < -0.39 is 13.3 Å². The van der Waals surface area contributed by atoms with Crippen molar-refractivity contribution in [3.05, 3.63) is 0 Å². The Morgan fingerprint density at radius 3 is 1.82 bits per heavy atom. The van der Waals surface area contributed by atoms with Gasteiger partial charge in [0.1, 0.15) is 0 Å². The zero-order valence-corrected chi connectivity index (χ0v) is 13.1. The predicted molar refractivity (Wildman–Crippen MR) is 73.0 cm³/mol. The zero-order valence-electron chi connectivity index (χ0n) is 10.7. The molecule has 0 aromatic carbocycles. The molecule has 4 nitrogen and oxygen atoms in total. The molecule has 0 atom stereocenters. The lowest BCUT2D eigenvalue weighted by atomic mass is 10.2. The van der Waals surface area contributed by atoms with E-state index in [4.69, 9.17) is 27.7 Å². The fourth-order valence-electron chi connectivity index (χ4n) is 1.81. The average Bonchev–Trinajstić information content (AvgIpc) is 2.44. The monoisotopic (exact) mass is 302 g/mol. The van der Waals surface area contributed by atoms with Gasteiger partial charge in [-0.05, 0) is 20.8 Å². The molecule has 7 heteroatoms. The smallest absolute Gasteiger partial charge is 0.300 e. The van der Waals surface area contributed by atoms with E-state index in [1.807, 2.05) is 30.1 Å². The highest BCUT2D eigenvalue weighted by Crippen LogP contribution is 2.59. The van der Waals surface area contributed by atoms with Crippen LogP contribution in [0.25, 0.3) is 0 Å². The lowest BCUT2D eigenvalue weighted by molar-refractivity contribution is 0.108. The van der Waals surface area contributed by atoms with E-state index in [9.17, 15) is 4.57 Å². The first-order valence-electron chi connectivity index (χ1n) is 5.77. The van der Waals surface area contributed by atoms with Gasteiger partial charge in [0.15, 0.2) is 0 Å². The van der Waals surface area contributed by atoms with Crippen LogP contribution in [0.2, 0.25) is 0 Å². The lowest BCUT2D eigenvalue weighted by Gasteiger charge is -2.34. The summed E-state index contributed by atoms with van der Waals surface area (Å²) in [4.78, 5) is 0. The zero-order chi connectivity index (χ0) is 13.1. The van der Waals surface area contributed by atoms with Crippen LogP contribution >= 0.6 is 30.9 Å². The minimum atomic E-state index is -2.95. The molecular formula is C10H21Cl2N2O2P. The second-order valence-corrected chi connectivity index (χ2v) is 8.03. The number of alkyl halides is 2. The van der Waals surface area contributed by atoms with Crippen LogP contribution in [-0.2, 0) is 9.09 Å². The standard InChI is InChI=1S/C10H21Cl2N2O2P/c1-10(2,3)16-17(15)13(6-4-11)8-9-14(17)7-5-12/h4-9H2,1-3H3. The van der Waals surface area contributed by atoms with Crippen LogP contribution in [0.1, 0.15) is 20.8 Å². The Morgan fingerprint density at radius 1 is 1.12 bits per heavy atom. The Labute approximate surface area is 114 Å². The number of nitrogens with zero attached hydrogens (tertiary/aromatic N) is 2. The van der Waals surface area contributed by atoms with Gasteiger partial charge in [-0.15, -0.1) is 23.2 Å². The van der Waals surface area contributed by atoms with Crippen LogP contribution in [0.5, 0.6) is 0 Å². The molecule has 0 spiro atoms. The molecule has 0 N–H and O–H groups in total. The largest absolute Gasteiger partial charge is 0.346 e. The summed E-state index contributed by atoms with van der Waals surface area (Å²) < 4.78 is 22.5. The SMILES string of the molecule is CC(C)(C)OP1(=O)N(CCCl)CCN1CCCl. The molecule has 102 valence electrons. The third-order valence-electron chi connectivity index (χ3n) is 2.41. The second kappa shape index (κ2) is 6.23. The van der Waals surface area contributed by atoms with Gasteiger partial charge in [-0.1, -0.05) is 0 Å². The van der Waals surface area contributed by atoms with Gasteiger partial charge in [0.05, 0.1) is 5.60 Å². The van der Waals surface area contributed by atoms with Crippen molar-refractivity contribution in [2.24, 2.45) is 0 Å². The van der Waals surface area contributed by atoms with Crippen LogP contribution in [0.15, 0.2) is 0 Å². The summed E-state index contributed by atoms with van der Waals surface area (Å²) >= 11 is 11.5. The van der Waals surface area contributed by atoms with Gasteiger partial charge in [0.25, 0.3) is 0 Å². The molecule has 17 heavy (non-hydrogen) atoms. The maximum Gasteiger partial charge on any atom is 0.346 e. The van der Waals surface area contributed by atoms with Gasteiger partial charge in [-0.25, -0.2) is 9.34 Å².